The molecule has 0 radical (unpaired) electrons. The molecule has 0 unspecified atom stereocenters. The van der Waals surface area contributed by atoms with E-state index >= 15 is 0 Å². The van der Waals surface area contributed by atoms with Crippen LogP contribution in [0.4, 0.5) is 0 Å². The van der Waals surface area contributed by atoms with Crippen LogP contribution in [0.2, 0.25) is 0 Å². The van der Waals surface area contributed by atoms with Crippen molar-refractivity contribution in [3.63, 3.8) is 0 Å². The van der Waals surface area contributed by atoms with E-state index < -0.39 is 0 Å². The SMILES string of the molecule is c1ccc2c(c1)Oc1cccc3c1B2c1cccc(-c2ccc4c5c2Oc2ccccc2B5c2ccccc2O4)c1O3. The monoisotopic (exact) mass is 538 g/mol. The Kier molecular flexibility index (Phi) is 4.32. The van der Waals surface area contributed by atoms with Gasteiger partial charge in [0.2, 0.25) is 0 Å². The Morgan fingerprint density at radius 2 is 0.762 bits per heavy atom. The summed E-state index contributed by atoms with van der Waals surface area (Å²) in [4.78, 5) is 0. The third-order valence-corrected chi connectivity index (χ3v) is 8.96. The topological polar surface area (TPSA) is 36.9 Å². The highest BCUT2D eigenvalue weighted by Gasteiger charge is 2.43. The highest BCUT2D eigenvalue weighted by atomic mass is 16.5. The zero-order valence-corrected chi connectivity index (χ0v) is 22.3. The molecule has 0 spiro atoms. The largest absolute Gasteiger partial charge is 0.458 e. The van der Waals surface area contributed by atoms with Gasteiger partial charge in [0.25, 0.3) is 13.4 Å². The van der Waals surface area contributed by atoms with Crippen LogP contribution < -0.4 is 51.7 Å². The molecule has 4 heterocycles. The van der Waals surface area contributed by atoms with Gasteiger partial charge in [0.05, 0.1) is 0 Å². The lowest BCUT2D eigenvalue weighted by atomic mass is 9.34. The summed E-state index contributed by atoms with van der Waals surface area (Å²) in [6.45, 7) is 0.0133. The van der Waals surface area contributed by atoms with E-state index in [1.54, 1.807) is 0 Å². The first-order chi connectivity index (χ1) is 20.8. The molecule has 0 aromatic heterocycles. The lowest BCUT2D eigenvalue weighted by molar-refractivity contribution is 0.461. The third kappa shape index (κ3) is 2.88. The highest BCUT2D eigenvalue weighted by molar-refractivity contribution is 6.99. The molecule has 0 aliphatic carbocycles. The number of rotatable bonds is 1. The number of para-hydroxylation sites is 4. The van der Waals surface area contributed by atoms with Gasteiger partial charge in [-0.2, -0.15) is 0 Å². The van der Waals surface area contributed by atoms with Crippen molar-refractivity contribution in [3.05, 3.63) is 121 Å². The van der Waals surface area contributed by atoms with Gasteiger partial charge in [-0.1, -0.05) is 78.9 Å². The molecule has 4 nitrogen and oxygen atoms in total. The Morgan fingerprint density at radius 3 is 1.45 bits per heavy atom. The fraction of sp³-hybridized carbons (Fsp3) is 0. The molecule has 0 fully saturated rings. The number of fused-ring (bicyclic) bond motifs is 8. The molecule has 6 heteroatoms. The number of hydrogen-bond donors (Lipinski definition) is 0. The summed E-state index contributed by atoms with van der Waals surface area (Å²) in [5.74, 6) is 6.78. The molecule has 194 valence electrons. The van der Waals surface area contributed by atoms with E-state index in [-0.39, 0.29) is 13.4 Å². The van der Waals surface area contributed by atoms with Crippen LogP contribution >= 0.6 is 0 Å². The normalized spacial score (nSPS) is 13.9. The van der Waals surface area contributed by atoms with Gasteiger partial charge in [0.15, 0.2) is 0 Å². The molecular formula is C36H20B2O4. The van der Waals surface area contributed by atoms with Crippen molar-refractivity contribution >= 4 is 46.2 Å². The third-order valence-electron chi connectivity index (χ3n) is 8.96. The maximum Gasteiger partial charge on any atom is 0.260 e. The van der Waals surface area contributed by atoms with E-state index in [0.29, 0.717) is 0 Å². The molecule has 0 saturated heterocycles. The minimum absolute atomic E-state index is 0.00318. The zero-order valence-electron chi connectivity index (χ0n) is 22.3. The van der Waals surface area contributed by atoms with E-state index in [4.69, 9.17) is 18.9 Å². The van der Waals surface area contributed by atoms with E-state index in [1.807, 2.05) is 48.5 Å². The van der Waals surface area contributed by atoms with E-state index in [9.17, 15) is 0 Å². The molecule has 6 aromatic carbocycles. The molecule has 4 aliphatic heterocycles. The molecule has 0 amide bonds. The Bertz CT molecular complexity index is 2130. The summed E-state index contributed by atoms with van der Waals surface area (Å²) >= 11 is 0. The molecule has 0 N–H and O–H groups in total. The van der Waals surface area contributed by atoms with Crippen molar-refractivity contribution in [2.24, 2.45) is 0 Å². The van der Waals surface area contributed by atoms with Crippen LogP contribution in [0, 0.1) is 0 Å². The minimum Gasteiger partial charge on any atom is -0.458 e. The second kappa shape index (κ2) is 8.11. The summed E-state index contributed by atoms with van der Waals surface area (Å²) in [5, 5.41) is 0. The van der Waals surface area contributed by atoms with Gasteiger partial charge < -0.3 is 18.9 Å². The van der Waals surface area contributed by atoms with E-state index in [1.165, 1.54) is 0 Å². The van der Waals surface area contributed by atoms with Crippen molar-refractivity contribution in [1.29, 1.82) is 0 Å². The molecule has 0 saturated carbocycles. The van der Waals surface area contributed by atoms with Crippen molar-refractivity contribution in [1.82, 2.24) is 0 Å². The fourth-order valence-electron chi connectivity index (χ4n) is 7.21. The first-order valence-corrected chi connectivity index (χ1v) is 14.2. The average molecular weight is 538 g/mol. The van der Waals surface area contributed by atoms with Crippen molar-refractivity contribution in [2.75, 3.05) is 0 Å². The van der Waals surface area contributed by atoms with Gasteiger partial charge in [-0.15, -0.1) is 0 Å². The standard InChI is InChI=1S/C36H20B2O4/c1-4-14-27-23(10-1)37-25-12-3-6-16-29(25)41-36-22(19-20-32(40-27)34(36)37)21-9-7-13-26-35(21)42-31-18-8-17-30-33(31)38(26)24-11-2-5-15-28(24)39-30/h1-20H. The Hall–Kier alpha value is -5.35. The molecule has 4 aliphatic rings. The van der Waals surface area contributed by atoms with Gasteiger partial charge in [-0.25, -0.2) is 0 Å². The highest BCUT2D eigenvalue weighted by Crippen LogP contribution is 2.45. The van der Waals surface area contributed by atoms with Crippen LogP contribution in [-0.4, -0.2) is 13.4 Å². The van der Waals surface area contributed by atoms with Crippen LogP contribution in [0.3, 0.4) is 0 Å². The van der Waals surface area contributed by atoms with Crippen LogP contribution in [0.5, 0.6) is 46.0 Å². The Balaban J connectivity index is 1.22. The maximum atomic E-state index is 6.77. The fourth-order valence-corrected chi connectivity index (χ4v) is 7.21. The molecule has 42 heavy (non-hydrogen) atoms. The minimum atomic E-state index is 0.00318. The molecular weight excluding hydrogens is 518 g/mol. The maximum absolute atomic E-state index is 6.77. The van der Waals surface area contributed by atoms with Gasteiger partial charge >= 0.3 is 0 Å². The summed E-state index contributed by atoms with van der Waals surface area (Å²) < 4.78 is 26.3. The number of benzene rings is 6. The van der Waals surface area contributed by atoms with Gasteiger partial charge in [-0.3, -0.25) is 0 Å². The number of hydrogen-bond acceptors (Lipinski definition) is 4. The van der Waals surface area contributed by atoms with Crippen LogP contribution in [-0.2, 0) is 0 Å². The van der Waals surface area contributed by atoms with Crippen LogP contribution in [0.25, 0.3) is 11.1 Å². The van der Waals surface area contributed by atoms with Gasteiger partial charge in [-0.05, 0) is 64.3 Å². The predicted molar refractivity (Wildman–Crippen MR) is 167 cm³/mol. The molecule has 0 bridgehead atoms. The lowest BCUT2D eigenvalue weighted by Crippen LogP contribution is -2.57. The average Bonchev–Trinajstić information content (AvgIpc) is 3.04. The van der Waals surface area contributed by atoms with Crippen LogP contribution in [0.1, 0.15) is 0 Å². The summed E-state index contributed by atoms with van der Waals surface area (Å²) in [6, 6.07) is 41.6. The quantitative estimate of drug-likeness (QED) is 0.282. The molecule has 6 aromatic rings. The first-order valence-electron chi connectivity index (χ1n) is 14.2. The van der Waals surface area contributed by atoms with Gasteiger partial charge in [0, 0.05) is 22.1 Å². The molecule has 10 rings (SSSR count). The molecule has 0 atom stereocenters. The van der Waals surface area contributed by atoms with E-state index in [0.717, 1.165) is 89.9 Å². The predicted octanol–water partition coefficient (Wildman–Crippen LogP) is 4.81. The Morgan fingerprint density at radius 1 is 0.310 bits per heavy atom. The first kappa shape index (κ1) is 22.4. The smallest absolute Gasteiger partial charge is 0.260 e. The summed E-state index contributed by atoms with van der Waals surface area (Å²) in [5.41, 5.74) is 8.64. The number of ether oxygens (including phenoxy) is 4. The second-order valence-corrected chi connectivity index (χ2v) is 11.1. The summed E-state index contributed by atoms with van der Waals surface area (Å²) in [6.07, 6.45) is 0. The second-order valence-electron chi connectivity index (χ2n) is 11.1. The lowest BCUT2D eigenvalue weighted by Gasteiger charge is -2.35. The Labute approximate surface area is 243 Å². The van der Waals surface area contributed by atoms with Gasteiger partial charge in [0.1, 0.15) is 46.0 Å². The van der Waals surface area contributed by atoms with Crippen molar-refractivity contribution < 1.29 is 18.9 Å². The summed E-state index contributed by atoms with van der Waals surface area (Å²) in [7, 11) is 0. The van der Waals surface area contributed by atoms with Crippen molar-refractivity contribution in [2.45, 2.75) is 0 Å². The van der Waals surface area contributed by atoms with E-state index in [2.05, 4.69) is 72.8 Å². The van der Waals surface area contributed by atoms with Crippen molar-refractivity contribution in [3.8, 4) is 57.1 Å². The zero-order chi connectivity index (χ0) is 27.4. The van der Waals surface area contributed by atoms with Crippen LogP contribution in [0.15, 0.2) is 121 Å².